The van der Waals surface area contributed by atoms with E-state index in [2.05, 4.69) is 31.9 Å². The van der Waals surface area contributed by atoms with Crippen molar-refractivity contribution in [2.24, 2.45) is 0 Å². The number of hydrogen-bond donors (Lipinski definition) is 2. The monoisotopic (exact) mass is 508 g/mol. The number of urea groups is 1. The molecule has 3 rings (SSSR count). The molecule has 1 saturated heterocycles. The number of benzene rings is 2. The summed E-state index contributed by atoms with van der Waals surface area (Å²) in [6.07, 6.45) is 1.36. The van der Waals surface area contributed by atoms with Crippen LogP contribution in [0.15, 0.2) is 50.9 Å². The third-order valence-corrected chi connectivity index (χ3v) is 4.92. The van der Waals surface area contributed by atoms with E-state index in [1.165, 1.54) is 13.2 Å². The molecule has 0 radical (unpaired) electrons. The van der Waals surface area contributed by atoms with Crippen molar-refractivity contribution in [3.63, 3.8) is 0 Å². The van der Waals surface area contributed by atoms with Gasteiger partial charge in [-0.3, -0.25) is 20.2 Å². The van der Waals surface area contributed by atoms with Crippen molar-refractivity contribution >= 4 is 55.8 Å². The number of carbonyl (C=O) groups is 3. The molecule has 0 aliphatic carbocycles. The molecule has 2 aromatic rings. The highest BCUT2D eigenvalue weighted by atomic mass is 79.9. The Bertz CT molecular complexity index is 965. The number of imide groups is 2. The zero-order valence-electron chi connectivity index (χ0n) is 14.5. The van der Waals surface area contributed by atoms with E-state index in [9.17, 15) is 14.4 Å². The van der Waals surface area contributed by atoms with Crippen LogP contribution >= 0.6 is 31.9 Å². The number of nitrogens with one attached hydrogen (secondary N) is 2. The van der Waals surface area contributed by atoms with Gasteiger partial charge in [0.15, 0.2) is 11.5 Å². The van der Waals surface area contributed by atoms with Gasteiger partial charge in [0.1, 0.15) is 12.2 Å². The van der Waals surface area contributed by atoms with E-state index in [-0.39, 0.29) is 5.57 Å². The van der Waals surface area contributed by atoms with Crippen molar-refractivity contribution in [1.29, 1.82) is 0 Å². The fourth-order valence-corrected chi connectivity index (χ4v) is 3.31. The van der Waals surface area contributed by atoms with E-state index < -0.39 is 17.8 Å². The number of rotatable bonds is 5. The van der Waals surface area contributed by atoms with Crippen LogP contribution in [-0.4, -0.2) is 25.0 Å². The number of carbonyl (C=O) groups excluding carboxylic acids is 3. The Kier molecular flexibility index (Phi) is 6.15. The van der Waals surface area contributed by atoms with Crippen LogP contribution in [0, 0.1) is 0 Å². The van der Waals surface area contributed by atoms with Crippen molar-refractivity contribution < 1.29 is 23.9 Å². The zero-order chi connectivity index (χ0) is 20.3. The third-order valence-electron chi connectivity index (χ3n) is 3.80. The Morgan fingerprint density at radius 1 is 1.00 bits per heavy atom. The molecule has 144 valence electrons. The molecule has 1 aliphatic rings. The van der Waals surface area contributed by atoms with Crippen LogP contribution in [0.3, 0.4) is 0 Å². The standard InChI is InChI=1S/C19H14Br2N2O5/c1-27-15-8-11(6-13-17(24)22-19(26)23-18(13)25)7-14(21)16(15)28-9-10-2-4-12(20)5-3-10/h2-8H,9H2,1H3,(H2,22,23,24,25,26). The average Bonchev–Trinajstić information content (AvgIpc) is 2.64. The molecule has 0 saturated carbocycles. The lowest BCUT2D eigenvalue weighted by Gasteiger charge is -2.16. The topological polar surface area (TPSA) is 93.7 Å². The van der Waals surface area contributed by atoms with Gasteiger partial charge in [-0.2, -0.15) is 0 Å². The minimum Gasteiger partial charge on any atom is -0.493 e. The quantitative estimate of drug-likeness (QED) is 0.475. The summed E-state index contributed by atoms with van der Waals surface area (Å²) in [6, 6.07) is 10.2. The lowest BCUT2D eigenvalue weighted by molar-refractivity contribution is -0.123. The summed E-state index contributed by atoms with van der Waals surface area (Å²) in [4.78, 5) is 34.9. The Morgan fingerprint density at radius 2 is 1.64 bits per heavy atom. The molecule has 4 amide bonds. The normalized spacial score (nSPS) is 13.7. The number of barbiturate groups is 1. The highest BCUT2D eigenvalue weighted by molar-refractivity contribution is 9.10. The molecule has 1 heterocycles. The molecule has 0 spiro atoms. The van der Waals surface area contributed by atoms with Crippen LogP contribution in [0.25, 0.3) is 6.08 Å². The maximum Gasteiger partial charge on any atom is 0.328 e. The molecule has 1 aliphatic heterocycles. The second kappa shape index (κ2) is 8.57. The van der Waals surface area contributed by atoms with Gasteiger partial charge in [0.25, 0.3) is 11.8 Å². The fourth-order valence-electron chi connectivity index (χ4n) is 2.47. The molecule has 2 aromatic carbocycles. The smallest absolute Gasteiger partial charge is 0.328 e. The zero-order valence-corrected chi connectivity index (χ0v) is 17.7. The van der Waals surface area contributed by atoms with Crippen molar-refractivity contribution in [2.45, 2.75) is 6.61 Å². The van der Waals surface area contributed by atoms with Gasteiger partial charge in [0.2, 0.25) is 0 Å². The summed E-state index contributed by atoms with van der Waals surface area (Å²) in [5, 5.41) is 4.06. The third kappa shape index (κ3) is 4.60. The first-order valence-electron chi connectivity index (χ1n) is 8.00. The summed E-state index contributed by atoms with van der Waals surface area (Å²) in [7, 11) is 1.49. The van der Waals surface area contributed by atoms with Crippen LogP contribution in [0.4, 0.5) is 4.79 Å². The Balaban J connectivity index is 1.86. The maximum absolute atomic E-state index is 11.9. The van der Waals surface area contributed by atoms with Crippen LogP contribution in [0.1, 0.15) is 11.1 Å². The predicted octanol–water partition coefficient (Wildman–Crippen LogP) is 3.55. The van der Waals surface area contributed by atoms with E-state index in [1.54, 1.807) is 12.1 Å². The summed E-state index contributed by atoms with van der Waals surface area (Å²) in [5.74, 6) is -0.620. The SMILES string of the molecule is COc1cc(C=C2C(=O)NC(=O)NC2=O)cc(Br)c1OCc1ccc(Br)cc1. The summed E-state index contributed by atoms with van der Waals surface area (Å²) >= 11 is 6.82. The second-order valence-corrected chi connectivity index (χ2v) is 7.51. The second-order valence-electron chi connectivity index (χ2n) is 5.74. The van der Waals surface area contributed by atoms with E-state index in [4.69, 9.17) is 9.47 Å². The van der Waals surface area contributed by atoms with Crippen LogP contribution in [0.5, 0.6) is 11.5 Å². The first kappa shape index (κ1) is 20.1. The molecule has 2 N–H and O–H groups in total. The lowest BCUT2D eigenvalue weighted by Crippen LogP contribution is -2.51. The molecule has 9 heteroatoms. The van der Waals surface area contributed by atoms with E-state index in [0.29, 0.717) is 28.1 Å². The predicted molar refractivity (Wildman–Crippen MR) is 109 cm³/mol. The molecular weight excluding hydrogens is 496 g/mol. The van der Waals surface area contributed by atoms with Gasteiger partial charge >= 0.3 is 6.03 Å². The number of methoxy groups -OCH3 is 1. The van der Waals surface area contributed by atoms with Crippen LogP contribution in [-0.2, 0) is 16.2 Å². The Hall–Kier alpha value is -2.65. The van der Waals surface area contributed by atoms with Crippen molar-refractivity contribution in [1.82, 2.24) is 10.6 Å². The largest absolute Gasteiger partial charge is 0.493 e. The lowest BCUT2D eigenvalue weighted by atomic mass is 10.1. The number of amides is 4. The number of halogens is 2. The van der Waals surface area contributed by atoms with Crippen molar-refractivity contribution in [3.8, 4) is 11.5 Å². The van der Waals surface area contributed by atoms with Gasteiger partial charge in [0.05, 0.1) is 11.6 Å². The molecule has 0 atom stereocenters. The van der Waals surface area contributed by atoms with Crippen molar-refractivity contribution in [2.75, 3.05) is 7.11 Å². The molecule has 0 bridgehead atoms. The van der Waals surface area contributed by atoms with Gasteiger partial charge in [-0.1, -0.05) is 28.1 Å². The summed E-state index contributed by atoms with van der Waals surface area (Å²) < 4.78 is 12.8. The molecule has 7 nitrogen and oxygen atoms in total. The van der Waals surface area contributed by atoms with Gasteiger partial charge in [0, 0.05) is 4.47 Å². The summed E-state index contributed by atoms with van der Waals surface area (Å²) in [5.41, 5.74) is 1.31. The van der Waals surface area contributed by atoms with Crippen molar-refractivity contribution in [3.05, 3.63) is 62.0 Å². The van der Waals surface area contributed by atoms with Crippen LogP contribution in [0.2, 0.25) is 0 Å². The molecule has 0 aromatic heterocycles. The fraction of sp³-hybridized carbons (Fsp3) is 0.105. The van der Waals surface area contributed by atoms with Crippen LogP contribution < -0.4 is 20.1 Å². The van der Waals surface area contributed by atoms with Gasteiger partial charge < -0.3 is 9.47 Å². The first-order valence-corrected chi connectivity index (χ1v) is 9.59. The highest BCUT2D eigenvalue weighted by Gasteiger charge is 2.27. The number of ether oxygens (including phenoxy) is 2. The minimum absolute atomic E-state index is 0.183. The molecule has 1 fully saturated rings. The van der Waals surface area contributed by atoms with E-state index in [1.807, 2.05) is 34.9 Å². The van der Waals surface area contributed by atoms with E-state index in [0.717, 1.165) is 10.0 Å². The molecule has 28 heavy (non-hydrogen) atoms. The van der Waals surface area contributed by atoms with Gasteiger partial charge in [-0.05, 0) is 57.4 Å². The average molecular weight is 510 g/mol. The molecular formula is C19H14Br2N2O5. The van der Waals surface area contributed by atoms with Gasteiger partial charge in [-0.15, -0.1) is 0 Å². The minimum atomic E-state index is -0.845. The number of hydrogen-bond acceptors (Lipinski definition) is 5. The van der Waals surface area contributed by atoms with Gasteiger partial charge in [-0.25, -0.2) is 4.79 Å². The highest BCUT2D eigenvalue weighted by Crippen LogP contribution is 2.38. The Morgan fingerprint density at radius 3 is 2.25 bits per heavy atom. The summed E-state index contributed by atoms with van der Waals surface area (Å²) in [6.45, 7) is 0.329. The Labute approximate surface area is 177 Å². The maximum atomic E-state index is 11.9. The molecule has 0 unspecified atom stereocenters. The van der Waals surface area contributed by atoms with E-state index >= 15 is 0 Å². The first-order chi connectivity index (χ1) is 13.4.